The van der Waals surface area contributed by atoms with Gasteiger partial charge in [0.15, 0.2) is 0 Å². The maximum atomic E-state index is 12.3. The van der Waals surface area contributed by atoms with Gasteiger partial charge in [-0.2, -0.15) is 0 Å². The molecule has 116 valence electrons. The van der Waals surface area contributed by atoms with Crippen LogP contribution in [0, 0.1) is 16.0 Å². The zero-order chi connectivity index (χ0) is 15.7. The van der Waals surface area contributed by atoms with Crippen LogP contribution in [0.2, 0.25) is 0 Å². The highest BCUT2D eigenvalue weighted by Crippen LogP contribution is 2.39. The van der Waals surface area contributed by atoms with Crippen LogP contribution in [0.15, 0.2) is 30.3 Å². The predicted molar refractivity (Wildman–Crippen MR) is 75.2 cm³/mol. The van der Waals surface area contributed by atoms with Gasteiger partial charge in [0, 0.05) is 17.4 Å². The Labute approximate surface area is 127 Å². The molecular formula is C15H16N2O5. The number of esters is 1. The van der Waals surface area contributed by atoms with Crippen molar-refractivity contribution in [2.75, 3.05) is 6.54 Å². The first-order valence-electron chi connectivity index (χ1n) is 7.20. The summed E-state index contributed by atoms with van der Waals surface area (Å²) in [6.45, 7) is -0.209. The monoisotopic (exact) mass is 304 g/mol. The molecule has 3 rings (SSSR count). The number of nitro groups is 1. The summed E-state index contributed by atoms with van der Waals surface area (Å²) in [5, 5.41) is 10.8. The average molecular weight is 304 g/mol. The number of rotatable bonds is 5. The van der Waals surface area contributed by atoms with Gasteiger partial charge in [0.05, 0.1) is 5.92 Å². The van der Waals surface area contributed by atoms with Gasteiger partial charge in [0.1, 0.15) is 12.6 Å². The highest BCUT2D eigenvalue weighted by molar-refractivity contribution is 5.90. The number of β-lactam (4-membered cyclic amide) rings is 1. The van der Waals surface area contributed by atoms with Crippen LogP contribution in [0.1, 0.15) is 18.4 Å². The molecule has 2 aliphatic heterocycles. The van der Waals surface area contributed by atoms with E-state index in [0.717, 1.165) is 5.56 Å². The van der Waals surface area contributed by atoms with Crippen LogP contribution in [0.25, 0.3) is 0 Å². The second-order valence-corrected chi connectivity index (χ2v) is 5.71. The summed E-state index contributed by atoms with van der Waals surface area (Å²) in [5.41, 5.74) is 0.839. The lowest BCUT2D eigenvalue weighted by molar-refractivity contribution is -0.488. The van der Waals surface area contributed by atoms with Crippen molar-refractivity contribution in [1.82, 2.24) is 4.90 Å². The number of amides is 1. The molecule has 0 radical (unpaired) electrons. The van der Waals surface area contributed by atoms with Crippen LogP contribution in [0.3, 0.4) is 0 Å². The Morgan fingerprint density at radius 1 is 1.36 bits per heavy atom. The minimum atomic E-state index is -0.819. The van der Waals surface area contributed by atoms with E-state index in [2.05, 4.69) is 0 Å². The Balaban J connectivity index is 1.67. The van der Waals surface area contributed by atoms with Crippen molar-refractivity contribution in [3.05, 3.63) is 46.0 Å². The maximum Gasteiger partial charge on any atom is 0.329 e. The molecule has 1 aromatic carbocycles. The Kier molecular flexibility index (Phi) is 3.79. The summed E-state index contributed by atoms with van der Waals surface area (Å²) in [6, 6.07) is 8.32. The smallest absolute Gasteiger partial charge is 0.329 e. The number of ether oxygens (including phenoxy) is 1. The number of benzene rings is 1. The van der Waals surface area contributed by atoms with E-state index in [9.17, 15) is 19.7 Å². The lowest BCUT2D eigenvalue weighted by Crippen LogP contribution is -2.55. The molecule has 2 heterocycles. The molecule has 0 bridgehead atoms. The third-order valence-electron chi connectivity index (χ3n) is 4.26. The van der Waals surface area contributed by atoms with Gasteiger partial charge in [-0.05, 0) is 12.0 Å². The van der Waals surface area contributed by atoms with Gasteiger partial charge in [-0.15, -0.1) is 0 Å². The quantitative estimate of drug-likeness (QED) is 0.350. The van der Waals surface area contributed by atoms with Crippen molar-refractivity contribution in [2.45, 2.75) is 31.5 Å². The van der Waals surface area contributed by atoms with Crippen LogP contribution < -0.4 is 0 Å². The minimum absolute atomic E-state index is 0.0493. The van der Waals surface area contributed by atoms with E-state index in [1.165, 1.54) is 4.90 Å². The molecule has 3 atom stereocenters. The number of hydrogen-bond acceptors (Lipinski definition) is 5. The molecule has 2 saturated heterocycles. The molecule has 2 aliphatic rings. The first kappa shape index (κ1) is 14.5. The molecule has 7 nitrogen and oxygen atoms in total. The van der Waals surface area contributed by atoms with Gasteiger partial charge in [-0.25, -0.2) is 4.79 Å². The van der Waals surface area contributed by atoms with Gasteiger partial charge in [-0.3, -0.25) is 14.9 Å². The lowest BCUT2D eigenvalue weighted by atomic mass is 9.98. The van der Waals surface area contributed by atoms with Crippen molar-refractivity contribution >= 4 is 11.9 Å². The third kappa shape index (κ3) is 2.66. The molecule has 0 aliphatic carbocycles. The van der Waals surface area contributed by atoms with Gasteiger partial charge in [0.2, 0.25) is 12.5 Å². The highest BCUT2D eigenvalue weighted by atomic mass is 16.6. The van der Waals surface area contributed by atoms with Crippen LogP contribution in [-0.4, -0.2) is 40.3 Å². The van der Waals surface area contributed by atoms with Gasteiger partial charge in [-0.1, -0.05) is 30.3 Å². The molecule has 7 heteroatoms. The summed E-state index contributed by atoms with van der Waals surface area (Å²) < 4.78 is 5.27. The summed E-state index contributed by atoms with van der Waals surface area (Å²) >= 11 is 0. The van der Waals surface area contributed by atoms with Crippen molar-refractivity contribution in [2.24, 2.45) is 5.92 Å². The van der Waals surface area contributed by atoms with E-state index in [-0.39, 0.29) is 25.1 Å². The van der Waals surface area contributed by atoms with E-state index in [4.69, 9.17) is 4.74 Å². The summed E-state index contributed by atoms with van der Waals surface area (Å²) in [7, 11) is 0. The molecule has 1 amide bonds. The first-order chi connectivity index (χ1) is 10.6. The molecule has 0 aromatic heterocycles. The topological polar surface area (TPSA) is 89.7 Å². The molecule has 0 saturated carbocycles. The fraction of sp³-hybridized carbons (Fsp3) is 0.467. The molecule has 0 spiro atoms. The third-order valence-corrected chi connectivity index (χ3v) is 4.26. The second kappa shape index (κ2) is 5.75. The van der Waals surface area contributed by atoms with E-state index in [1.807, 2.05) is 30.3 Å². The standard InChI is InChI=1S/C15H16N2O5/c18-13-7-12-6-11(8-16(20)21)14(17(12)13)15(19)22-9-10-4-2-1-3-5-10/h1-5,11-12,14H,6-9H2/t11-,12+,14-/m0/s1. The van der Waals surface area contributed by atoms with Crippen molar-refractivity contribution in [1.29, 1.82) is 0 Å². The van der Waals surface area contributed by atoms with Gasteiger partial charge in [0.25, 0.3) is 0 Å². The van der Waals surface area contributed by atoms with Crippen molar-refractivity contribution in [3.63, 3.8) is 0 Å². The lowest BCUT2D eigenvalue weighted by Gasteiger charge is -2.37. The van der Waals surface area contributed by atoms with E-state index in [0.29, 0.717) is 12.8 Å². The SMILES string of the molecule is O=C(OCc1ccccc1)[C@@H]1[C@H](C[N+](=O)[O-])C[C@@H]2CC(=O)N21. The number of carbonyl (C=O) groups is 2. The molecule has 2 fully saturated rings. The number of hydrogen-bond donors (Lipinski definition) is 0. The average Bonchev–Trinajstić information content (AvgIpc) is 2.77. The normalized spacial score (nSPS) is 26.3. The van der Waals surface area contributed by atoms with Crippen molar-refractivity contribution < 1.29 is 19.2 Å². The Morgan fingerprint density at radius 2 is 2.09 bits per heavy atom. The number of nitrogens with zero attached hydrogens (tertiary/aromatic N) is 2. The predicted octanol–water partition coefficient (Wildman–Crippen LogP) is 0.996. The summed E-state index contributed by atoms with van der Waals surface area (Å²) in [5.74, 6) is -1.14. The zero-order valence-corrected chi connectivity index (χ0v) is 11.9. The fourth-order valence-electron chi connectivity index (χ4n) is 3.27. The van der Waals surface area contributed by atoms with E-state index in [1.54, 1.807) is 0 Å². The van der Waals surface area contributed by atoms with Crippen molar-refractivity contribution in [3.8, 4) is 0 Å². The van der Waals surface area contributed by atoms with Crippen LogP contribution in [-0.2, 0) is 20.9 Å². The number of carbonyl (C=O) groups excluding carboxylic acids is 2. The van der Waals surface area contributed by atoms with Crippen LogP contribution in [0.5, 0.6) is 0 Å². The molecular weight excluding hydrogens is 288 g/mol. The molecule has 22 heavy (non-hydrogen) atoms. The fourth-order valence-corrected chi connectivity index (χ4v) is 3.27. The molecule has 0 N–H and O–H groups in total. The zero-order valence-electron chi connectivity index (χ0n) is 11.9. The molecule has 1 aromatic rings. The summed E-state index contributed by atoms with van der Waals surface area (Å²) in [4.78, 5) is 35.8. The highest BCUT2D eigenvalue weighted by Gasteiger charge is 2.55. The Morgan fingerprint density at radius 3 is 2.73 bits per heavy atom. The molecule has 0 unspecified atom stereocenters. The first-order valence-corrected chi connectivity index (χ1v) is 7.20. The van der Waals surface area contributed by atoms with E-state index >= 15 is 0 Å². The second-order valence-electron chi connectivity index (χ2n) is 5.71. The minimum Gasteiger partial charge on any atom is -0.459 e. The van der Waals surface area contributed by atoms with E-state index < -0.39 is 22.9 Å². The number of fused-ring (bicyclic) bond motifs is 1. The maximum absolute atomic E-state index is 12.3. The van der Waals surface area contributed by atoms with Gasteiger partial charge < -0.3 is 9.64 Å². The Hall–Kier alpha value is -2.44. The van der Waals surface area contributed by atoms with Gasteiger partial charge >= 0.3 is 5.97 Å². The largest absolute Gasteiger partial charge is 0.459 e. The van der Waals surface area contributed by atoms with Crippen LogP contribution >= 0.6 is 0 Å². The van der Waals surface area contributed by atoms with Crippen LogP contribution in [0.4, 0.5) is 0 Å². The Bertz CT molecular complexity index is 603. The summed E-state index contributed by atoms with van der Waals surface area (Å²) in [6.07, 6.45) is 0.870.